The van der Waals surface area contributed by atoms with E-state index in [2.05, 4.69) is 4.98 Å². The van der Waals surface area contributed by atoms with Crippen LogP contribution in [0.15, 0.2) is 6.07 Å². The van der Waals surface area contributed by atoms with Crippen LogP contribution >= 0.6 is 22.7 Å². The second-order valence-corrected chi connectivity index (χ2v) is 8.10. The lowest BCUT2D eigenvalue weighted by molar-refractivity contribution is 0.0982. The van der Waals surface area contributed by atoms with Gasteiger partial charge in [-0.15, -0.1) is 22.7 Å². The molecule has 0 radical (unpaired) electrons. The first-order valence-electron chi connectivity index (χ1n) is 7.00. The molecule has 0 saturated heterocycles. The molecule has 0 amide bonds. The fourth-order valence-electron chi connectivity index (χ4n) is 3.26. The van der Waals surface area contributed by atoms with E-state index in [1.54, 1.807) is 24.3 Å². The number of thiophene rings is 2. The predicted molar refractivity (Wildman–Crippen MR) is 89.8 cm³/mol. The Bertz CT molecular complexity index is 1010. The minimum Gasteiger partial charge on any atom is -0.288 e. The largest absolute Gasteiger partial charge is 0.288 e. The second-order valence-electron chi connectivity index (χ2n) is 5.65. The SMILES string of the molecule is Cc1cc2c(c(C)n1)C(=O)c1c(sc3c(C)sc(C)c13)C2=O. The number of nitrogens with zero attached hydrogens (tertiary/aromatic N) is 1. The van der Waals surface area contributed by atoms with Crippen molar-refractivity contribution in [3.8, 4) is 0 Å². The van der Waals surface area contributed by atoms with Crippen LogP contribution in [-0.4, -0.2) is 16.6 Å². The molecule has 0 bridgehead atoms. The van der Waals surface area contributed by atoms with Crippen LogP contribution in [-0.2, 0) is 0 Å². The van der Waals surface area contributed by atoms with Crippen molar-refractivity contribution in [3.05, 3.63) is 48.8 Å². The maximum Gasteiger partial charge on any atom is 0.204 e. The Morgan fingerprint density at radius 3 is 2.36 bits per heavy atom. The van der Waals surface area contributed by atoms with Crippen LogP contribution in [0, 0.1) is 27.7 Å². The molecule has 22 heavy (non-hydrogen) atoms. The molecule has 1 aliphatic rings. The number of aryl methyl sites for hydroxylation is 4. The molecule has 110 valence electrons. The first-order chi connectivity index (χ1) is 10.4. The molecule has 5 heteroatoms. The maximum absolute atomic E-state index is 13.0. The van der Waals surface area contributed by atoms with Crippen molar-refractivity contribution >= 4 is 44.3 Å². The summed E-state index contributed by atoms with van der Waals surface area (Å²) in [4.78, 5) is 33.2. The van der Waals surface area contributed by atoms with E-state index in [4.69, 9.17) is 0 Å². The van der Waals surface area contributed by atoms with Crippen molar-refractivity contribution in [2.45, 2.75) is 27.7 Å². The number of pyridine rings is 1. The lowest BCUT2D eigenvalue weighted by Gasteiger charge is -2.16. The fraction of sp³-hybridized carbons (Fsp3) is 0.235. The van der Waals surface area contributed by atoms with Crippen LogP contribution in [0.25, 0.3) is 10.1 Å². The highest BCUT2D eigenvalue weighted by Crippen LogP contribution is 2.44. The maximum atomic E-state index is 13.0. The normalized spacial score (nSPS) is 13.6. The Hall–Kier alpha value is -1.85. The van der Waals surface area contributed by atoms with Gasteiger partial charge in [-0.2, -0.15) is 0 Å². The van der Waals surface area contributed by atoms with E-state index >= 15 is 0 Å². The Kier molecular flexibility index (Phi) is 2.72. The smallest absolute Gasteiger partial charge is 0.204 e. The molecule has 0 spiro atoms. The minimum absolute atomic E-state index is 0.0387. The number of ketones is 2. The first-order valence-corrected chi connectivity index (χ1v) is 8.63. The van der Waals surface area contributed by atoms with E-state index in [9.17, 15) is 9.59 Å². The van der Waals surface area contributed by atoms with Crippen LogP contribution in [0.1, 0.15) is 52.3 Å². The third-order valence-electron chi connectivity index (χ3n) is 4.12. The third-order valence-corrected chi connectivity index (χ3v) is 6.58. The Morgan fingerprint density at radius 2 is 1.64 bits per heavy atom. The van der Waals surface area contributed by atoms with Crippen molar-refractivity contribution < 1.29 is 9.59 Å². The summed E-state index contributed by atoms with van der Waals surface area (Å²) in [7, 11) is 0. The minimum atomic E-state index is -0.0539. The molecule has 1 aliphatic carbocycles. The van der Waals surface area contributed by atoms with Crippen molar-refractivity contribution in [1.82, 2.24) is 4.98 Å². The molecule has 0 aromatic carbocycles. The third kappa shape index (κ3) is 1.58. The van der Waals surface area contributed by atoms with Gasteiger partial charge in [0, 0.05) is 36.8 Å². The Morgan fingerprint density at radius 1 is 0.909 bits per heavy atom. The van der Waals surface area contributed by atoms with Crippen molar-refractivity contribution in [2.24, 2.45) is 0 Å². The number of hydrogen-bond acceptors (Lipinski definition) is 5. The van der Waals surface area contributed by atoms with Gasteiger partial charge in [0.15, 0.2) is 5.78 Å². The Balaban J connectivity index is 2.14. The topological polar surface area (TPSA) is 47.0 Å². The van der Waals surface area contributed by atoms with Gasteiger partial charge in [0.2, 0.25) is 5.78 Å². The summed E-state index contributed by atoms with van der Waals surface area (Å²) in [5, 5.41) is 0.964. The van der Waals surface area contributed by atoms with Crippen LogP contribution in [0.5, 0.6) is 0 Å². The molecule has 0 aliphatic heterocycles. The van der Waals surface area contributed by atoms with Crippen molar-refractivity contribution in [3.63, 3.8) is 0 Å². The van der Waals surface area contributed by atoms with Crippen molar-refractivity contribution in [2.75, 3.05) is 0 Å². The molecule has 3 aromatic rings. The molecule has 0 fully saturated rings. The first kappa shape index (κ1) is 13.8. The van der Waals surface area contributed by atoms with Gasteiger partial charge in [-0.05, 0) is 33.8 Å². The molecular formula is C17H13NO2S2. The van der Waals surface area contributed by atoms with Gasteiger partial charge >= 0.3 is 0 Å². The molecule has 0 N–H and O–H groups in total. The van der Waals surface area contributed by atoms with Crippen LogP contribution in [0.2, 0.25) is 0 Å². The van der Waals surface area contributed by atoms with Crippen molar-refractivity contribution in [1.29, 1.82) is 0 Å². The molecule has 0 atom stereocenters. The lowest BCUT2D eigenvalue weighted by atomic mass is 9.86. The van der Waals surface area contributed by atoms with Gasteiger partial charge in [-0.3, -0.25) is 14.6 Å². The van der Waals surface area contributed by atoms with Crippen LogP contribution in [0.3, 0.4) is 0 Å². The summed E-state index contributed by atoms with van der Waals surface area (Å²) < 4.78 is 1.07. The van der Waals surface area contributed by atoms with E-state index in [0.717, 1.165) is 20.7 Å². The summed E-state index contributed by atoms with van der Waals surface area (Å²) >= 11 is 3.14. The van der Waals surface area contributed by atoms with E-state index in [0.29, 0.717) is 27.3 Å². The van der Waals surface area contributed by atoms with Gasteiger partial charge in [-0.25, -0.2) is 0 Å². The molecule has 3 aromatic heterocycles. The zero-order chi connectivity index (χ0) is 15.8. The number of carbonyl (C=O) groups is 2. The quantitative estimate of drug-likeness (QED) is 0.482. The average Bonchev–Trinajstić information content (AvgIpc) is 2.95. The van der Waals surface area contributed by atoms with E-state index in [-0.39, 0.29) is 11.6 Å². The monoisotopic (exact) mass is 327 g/mol. The predicted octanol–water partition coefficient (Wildman–Crippen LogP) is 4.37. The average molecular weight is 327 g/mol. The van der Waals surface area contributed by atoms with Gasteiger partial charge < -0.3 is 0 Å². The summed E-state index contributed by atoms with van der Waals surface area (Å²) in [5.74, 6) is -0.0926. The molecule has 0 unspecified atom stereocenters. The molecular weight excluding hydrogens is 314 g/mol. The highest BCUT2D eigenvalue weighted by molar-refractivity contribution is 7.26. The van der Waals surface area contributed by atoms with Gasteiger partial charge in [0.1, 0.15) is 0 Å². The lowest BCUT2D eigenvalue weighted by Crippen LogP contribution is -2.21. The zero-order valence-electron chi connectivity index (χ0n) is 12.7. The number of rotatable bonds is 0. The summed E-state index contributed by atoms with van der Waals surface area (Å²) in [6.45, 7) is 7.71. The highest BCUT2D eigenvalue weighted by atomic mass is 32.1. The second kappa shape index (κ2) is 4.33. The fourth-order valence-corrected chi connectivity index (χ4v) is 5.74. The molecule has 3 heterocycles. The summed E-state index contributed by atoms with van der Waals surface area (Å²) in [6.07, 6.45) is 0. The van der Waals surface area contributed by atoms with E-state index in [1.165, 1.54) is 16.2 Å². The number of carbonyl (C=O) groups excluding carboxylic acids is 2. The standard InChI is InChI=1S/C17H13NO2S2/c1-6-5-10-11(7(2)18-6)15(20)13-12-8(3)21-9(4)16(12)22-17(13)14(10)19/h5H,1-4H3. The van der Waals surface area contributed by atoms with E-state index < -0.39 is 0 Å². The summed E-state index contributed by atoms with van der Waals surface area (Å²) in [5.41, 5.74) is 2.98. The van der Waals surface area contributed by atoms with E-state index in [1.807, 2.05) is 20.8 Å². The zero-order valence-corrected chi connectivity index (χ0v) is 14.3. The molecule has 0 saturated carbocycles. The highest BCUT2D eigenvalue weighted by Gasteiger charge is 2.36. The van der Waals surface area contributed by atoms with Gasteiger partial charge in [0.25, 0.3) is 0 Å². The molecule has 4 rings (SSSR count). The van der Waals surface area contributed by atoms with Gasteiger partial charge in [0.05, 0.1) is 16.0 Å². The number of hydrogen-bond donors (Lipinski definition) is 0. The summed E-state index contributed by atoms with van der Waals surface area (Å²) in [6, 6.07) is 1.73. The number of aromatic nitrogens is 1. The molecule has 3 nitrogen and oxygen atoms in total. The Labute approximate surface area is 135 Å². The number of fused-ring (bicyclic) bond motifs is 4. The van der Waals surface area contributed by atoms with Gasteiger partial charge in [-0.1, -0.05) is 0 Å². The van der Waals surface area contributed by atoms with Crippen LogP contribution in [0.4, 0.5) is 0 Å². The van der Waals surface area contributed by atoms with Crippen LogP contribution < -0.4 is 0 Å².